The van der Waals surface area contributed by atoms with Gasteiger partial charge in [-0.2, -0.15) is 26.3 Å². The van der Waals surface area contributed by atoms with Gasteiger partial charge in [0.25, 0.3) is 6.10 Å². The van der Waals surface area contributed by atoms with E-state index in [1.807, 2.05) is 20.8 Å². The molecule has 0 heterocycles. The molecule has 0 unspecified atom stereocenters. The van der Waals surface area contributed by atoms with E-state index in [9.17, 15) is 31.1 Å². The first-order valence-corrected chi connectivity index (χ1v) is 7.33. The van der Waals surface area contributed by atoms with Crippen molar-refractivity contribution in [3.05, 3.63) is 29.8 Å². The van der Waals surface area contributed by atoms with Crippen LogP contribution in [-0.2, 0) is 14.9 Å². The van der Waals surface area contributed by atoms with Crippen LogP contribution < -0.4 is 4.74 Å². The third-order valence-corrected chi connectivity index (χ3v) is 3.72. The number of carbonyl (C=O) groups excluding carboxylic acids is 1. The van der Waals surface area contributed by atoms with Crippen LogP contribution in [-0.4, -0.2) is 31.0 Å². The van der Waals surface area contributed by atoms with Crippen molar-refractivity contribution in [3.63, 3.8) is 0 Å². The molecular formula is C16H18F6O3. The SMILES string of the molecule is CCC(C)(C)c1ccc(OCC(=O)OC(C(F)(F)F)C(F)(F)F)cc1. The van der Waals surface area contributed by atoms with E-state index in [1.54, 1.807) is 12.1 Å². The minimum atomic E-state index is -5.75. The van der Waals surface area contributed by atoms with Gasteiger partial charge in [-0.3, -0.25) is 0 Å². The Balaban J connectivity index is 2.67. The van der Waals surface area contributed by atoms with Gasteiger partial charge < -0.3 is 9.47 Å². The number of alkyl halides is 6. The maximum absolute atomic E-state index is 12.3. The highest BCUT2D eigenvalue weighted by atomic mass is 19.4. The summed E-state index contributed by atoms with van der Waals surface area (Å²) in [4.78, 5) is 11.2. The lowest BCUT2D eigenvalue weighted by atomic mass is 9.82. The molecule has 0 fully saturated rings. The van der Waals surface area contributed by atoms with Gasteiger partial charge in [0, 0.05) is 0 Å². The van der Waals surface area contributed by atoms with Gasteiger partial charge in [-0.05, 0) is 29.5 Å². The number of rotatable bonds is 6. The number of carbonyl (C=O) groups is 1. The van der Waals surface area contributed by atoms with Crippen LogP contribution in [0.3, 0.4) is 0 Å². The minimum absolute atomic E-state index is 0.107. The Bertz CT molecular complexity index is 561. The molecule has 0 saturated heterocycles. The van der Waals surface area contributed by atoms with Crippen molar-refractivity contribution in [2.24, 2.45) is 0 Å². The number of halogens is 6. The van der Waals surface area contributed by atoms with E-state index in [0.717, 1.165) is 12.0 Å². The van der Waals surface area contributed by atoms with Gasteiger partial charge >= 0.3 is 18.3 Å². The summed E-state index contributed by atoms with van der Waals surface area (Å²) in [5, 5.41) is 0. The van der Waals surface area contributed by atoms with Crippen LogP contribution >= 0.6 is 0 Å². The lowest BCUT2D eigenvalue weighted by molar-refractivity contribution is -0.313. The summed E-state index contributed by atoms with van der Waals surface area (Å²) in [6.45, 7) is 4.95. The Kier molecular flexibility index (Phi) is 6.36. The van der Waals surface area contributed by atoms with Crippen LogP contribution in [0.25, 0.3) is 0 Å². The number of hydrogen-bond acceptors (Lipinski definition) is 3. The molecular weight excluding hydrogens is 354 g/mol. The third kappa shape index (κ3) is 6.13. The average molecular weight is 372 g/mol. The molecule has 1 aromatic carbocycles. The van der Waals surface area contributed by atoms with Crippen LogP contribution in [0.4, 0.5) is 26.3 Å². The fourth-order valence-corrected chi connectivity index (χ4v) is 1.83. The zero-order chi connectivity index (χ0) is 19.5. The zero-order valence-corrected chi connectivity index (χ0v) is 13.8. The number of hydrogen-bond donors (Lipinski definition) is 0. The second-order valence-corrected chi connectivity index (χ2v) is 6.00. The number of benzene rings is 1. The maximum Gasteiger partial charge on any atom is 0.434 e. The second-order valence-electron chi connectivity index (χ2n) is 6.00. The summed E-state index contributed by atoms with van der Waals surface area (Å²) >= 11 is 0. The van der Waals surface area contributed by atoms with Gasteiger partial charge in [0.15, 0.2) is 6.61 Å². The highest BCUT2D eigenvalue weighted by molar-refractivity contribution is 5.71. The lowest BCUT2D eigenvalue weighted by Crippen LogP contribution is -2.46. The molecule has 0 aliphatic carbocycles. The third-order valence-electron chi connectivity index (χ3n) is 3.72. The van der Waals surface area contributed by atoms with Crippen molar-refractivity contribution in [1.29, 1.82) is 0 Å². The van der Waals surface area contributed by atoms with Gasteiger partial charge in [0.2, 0.25) is 0 Å². The molecule has 0 atom stereocenters. The molecule has 0 amide bonds. The van der Waals surface area contributed by atoms with E-state index in [2.05, 4.69) is 4.74 Å². The molecule has 0 aliphatic heterocycles. The Hall–Kier alpha value is -1.93. The van der Waals surface area contributed by atoms with Gasteiger partial charge in [0.1, 0.15) is 5.75 Å². The molecule has 142 valence electrons. The summed E-state index contributed by atoms with van der Waals surface area (Å²) < 4.78 is 82.1. The largest absolute Gasteiger partial charge is 0.482 e. The van der Waals surface area contributed by atoms with Crippen molar-refractivity contribution < 1.29 is 40.6 Å². The molecule has 0 aliphatic rings. The molecule has 9 heteroatoms. The Morgan fingerprint density at radius 1 is 1.00 bits per heavy atom. The van der Waals surface area contributed by atoms with Crippen LogP contribution in [0, 0.1) is 0 Å². The Labute approximate surface area is 140 Å². The predicted molar refractivity (Wildman–Crippen MR) is 77.2 cm³/mol. The molecule has 0 saturated carbocycles. The van der Waals surface area contributed by atoms with E-state index >= 15 is 0 Å². The first kappa shape index (κ1) is 21.1. The van der Waals surface area contributed by atoms with E-state index in [4.69, 9.17) is 4.74 Å². The quantitative estimate of drug-likeness (QED) is 0.532. The molecule has 1 aromatic rings. The van der Waals surface area contributed by atoms with Gasteiger partial charge in [-0.1, -0.05) is 32.9 Å². The summed E-state index contributed by atoms with van der Waals surface area (Å²) in [6, 6.07) is 6.37. The summed E-state index contributed by atoms with van der Waals surface area (Å²) in [6.07, 6.45) is -14.8. The van der Waals surface area contributed by atoms with Gasteiger partial charge in [-0.25, -0.2) is 4.79 Å². The normalized spacial score (nSPS) is 13.0. The fourth-order valence-electron chi connectivity index (χ4n) is 1.83. The lowest BCUT2D eigenvalue weighted by Gasteiger charge is -2.23. The monoisotopic (exact) mass is 372 g/mol. The van der Waals surface area contributed by atoms with Crippen molar-refractivity contribution in [2.75, 3.05) is 6.61 Å². The highest BCUT2D eigenvalue weighted by Crippen LogP contribution is 2.35. The average Bonchev–Trinajstić information content (AvgIpc) is 2.48. The van der Waals surface area contributed by atoms with Gasteiger partial charge in [-0.15, -0.1) is 0 Å². The molecule has 0 radical (unpaired) electrons. The van der Waals surface area contributed by atoms with Gasteiger partial charge in [0.05, 0.1) is 0 Å². The molecule has 0 bridgehead atoms. The van der Waals surface area contributed by atoms with Crippen molar-refractivity contribution in [3.8, 4) is 5.75 Å². The molecule has 0 N–H and O–H groups in total. The first-order chi connectivity index (χ1) is 11.3. The van der Waals surface area contributed by atoms with Crippen LogP contribution in [0.15, 0.2) is 24.3 Å². The molecule has 3 nitrogen and oxygen atoms in total. The summed E-state index contributed by atoms with van der Waals surface area (Å²) in [5.74, 6) is -1.64. The molecule has 1 rings (SSSR count). The number of ether oxygens (including phenoxy) is 2. The smallest absolute Gasteiger partial charge is 0.434 e. The van der Waals surface area contributed by atoms with Crippen LogP contribution in [0.5, 0.6) is 5.75 Å². The minimum Gasteiger partial charge on any atom is -0.482 e. The molecule has 0 spiro atoms. The van der Waals surface area contributed by atoms with Crippen LogP contribution in [0.2, 0.25) is 0 Å². The van der Waals surface area contributed by atoms with E-state index < -0.39 is 31.0 Å². The fraction of sp³-hybridized carbons (Fsp3) is 0.562. The molecule has 0 aromatic heterocycles. The van der Waals surface area contributed by atoms with Crippen LogP contribution in [0.1, 0.15) is 32.8 Å². The summed E-state index contributed by atoms with van der Waals surface area (Å²) in [7, 11) is 0. The Morgan fingerprint density at radius 3 is 1.88 bits per heavy atom. The topological polar surface area (TPSA) is 35.5 Å². The van der Waals surface area contributed by atoms with E-state index in [1.165, 1.54) is 12.1 Å². The first-order valence-electron chi connectivity index (χ1n) is 7.33. The summed E-state index contributed by atoms with van der Waals surface area (Å²) in [5.41, 5.74) is 0.864. The zero-order valence-electron chi connectivity index (χ0n) is 13.8. The number of esters is 1. The predicted octanol–water partition coefficient (Wildman–Crippen LogP) is 4.79. The highest BCUT2D eigenvalue weighted by Gasteiger charge is 2.59. The second kappa shape index (κ2) is 7.53. The molecule has 25 heavy (non-hydrogen) atoms. The van der Waals surface area contributed by atoms with Crippen molar-refractivity contribution >= 4 is 5.97 Å². The Morgan fingerprint density at radius 2 is 1.48 bits per heavy atom. The standard InChI is InChI=1S/C16H18F6O3/c1-4-14(2,3)10-5-7-11(8-6-10)24-9-12(23)25-13(15(17,18)19)16(20,21)22/h5-8,13H,4,9H2,1-3H3. The maximum atomic E-state index is 12.3. The van der Waals surface area contributed by atoms with E-state index in [-0.39, 0.29) is 11.2 Å². The van der Waals surface area contributed by atoms with Crippen molar-refractivity contribution in [1.82, 2.24) is 0 Å². The van der Waals surface area contributed by atoms with Crippen molar-refractivity contribution in [2.45, 2.75) is 51.1 Å². The van der Waals surface area contributed by atoms with E-state index in [0.29, 0.717) is 0 Å².